The number of hydrogen-bond acceptors (Lipinski definition) is 2. The van der Waals surface area contributed by atoms with Crippen molar-refractivity contribution in [2.24, 2.45) is 0 Å². The van der Waals surface area contributed by atoms with Gasteiger partial charge in [-0.25, -0.2) is 0 Å². The quantitative estimate of drug-likeness (QED) is 0.847. The van der Waals surface area contributed by atoms with Crippen LogP contribution in [0.4, 0.5) is 0 Å². The van der Waals surface area contributed by atoms with Crippen molar-refractivity contribution in [2.75, 3.05) is 13.2 Å². The number of carbonyl (C=O) groups excluding carboxylic acids is 1. The molecule has 0 aliphatic carbocycles. The highest BCUT2D eigenvalue weighted by molar-refractivity contribution is 5.94. The van der Waals surface area contributed by atoms with Crippen molar-refractivity contribution in [1.29, 1.82) is 0 Å². The predicted molar refractivity (Wildman–Crippen MR) is 67.1 cm³/mol. The van der Waals surface area contributed by atoms with Crippen LogP contribution in [0.15, 0.2) is 18.2 Å². The van der Waals surface area contributed by atoms with E-state index in [2.05, 4.69) is 0 Å². The van der Waals surface area contributed by atoms with Gasteiger partial charge in [0.15, 0.2) is 0 Å². The molecule has 0 radical (unpaired) electrons. The first-order valence-corrected chi connectivity index (χ1v) is 6.12. The van der Waals surface area contributed by atoms with E-state index in [1.807, 2.05) is 32.0 Å². The summed E-state index contributed by atoms with van der Waals surface area (Å²) in [6, 6.07) is 5.79. The first kappa shape index (κ1) is 12.1. The molecule has 3 heteroatoms. The van der Waals surface area contributed by atoms with Crippen LogP contribution < -0.4 is 0 Å². The minimum atomic E-state index is 0.00380. The van der Waals surface area contributed by atoms with Gasteiger partial charge in [0.05, 0.1) is 12.6 Å². The molecule has 92 valence electrons. The normalized spacial score (nSPS) is 19.7. The molecule has 0 bridgehead atoms. The second-order valence-corrected chi connectivity index (χ2v) is 4.78. The first-order chi connectivity index (χ1) is 8.13. The zero-order valence-electron chi connectivity index (χ0n) is 10.4. The highest BCUT2D eigenvalue weighted by Crippen LogP contribution is 2.20. The molecule has 1 unspecified atom stereocenters. The van der Waals surface area contributed by atoms with E-state index in [0.717, 1.165) is 30.5 Å². The Morgan fingerprint density at radius 2 is 2.18 bits per heavy atom. The fourth-order valence-electron chi connectivity index (χ4n) is 2.33. The summed E-state index contributed by atoms with van der Waals surface area (Å²) in [4.78, 5) is 14.1. The van der Waals surface area contributed by atoms with Crippen LogP contribution in [0.3, 0.4) is 0 Å². The Bertz CT molecular complexity index is 428. The summed E-state index contributed by atoms with van der Waals surface area (Å²) >= 11 is 0. The summed E-state index contributed by atoms with van der Waals surface area (Å²) in [5, 5.41) is 9.24. The third-order valence-corrected chi connectivity index (χ3v) is 3.60. The van der Waals surface area contributed by atoms with Crippen LogP contribution in [0.25, 0.3) is 0 Å². The summed E-state index contributed by atoms with van der Waals surface area (Å²) < 4.78 is 0. The van der Waals surface area contributed by atoms with Crippen LogP contribution in [0.2, 0.25) is 0 Å². The third-order valence-electron chi connectivity index (χ3n) is 3.60. The van der Waals surface area contributed by atoms with E-state index >= 15 is 0 Å². The van der Waals surface area contributed by atoms with E-state index in [1.165, 1.54) is 5.56 Å². The van der Waals surface area contributed by atoms with Crippen LogP contribution in [0.1, 0.15) is 34.3 Å². The molecule has 2 rings (SSSR count). The second-order valence-electron chi connectivity index (χ2n) is 4.78. The van der Waals surface area contributed by atoms with Gasteiger partial charge in [0, 0.05) is 12.1 Å². The average Bonchev–Trinajstić information content (AvgIpc) is 2.80. The van der Waals surface area contributed by atoms with Crippen LogP contribution in [-0.4, -0.2) is 35.1 Å². The molecule has 0 saturated carbocycles. The molecule has 17 heavy (non-hydrogen) atoms. The summed E-state index contributed by atoms with van der Waals surface area (Å²) in [6.07, 6.45) is 1.90. The molecule has 1 N–H and O–H groups in total. The van der Waals surface area contributed by atoms with E-state index in [9.17, 15) is 9.90 Å². The van der Waals surface area contributed by atoms with Crippen molar-refractivity contribution in [1.82, 2.24) is 4.90 Å². The number of nitrogens with zero attached hydrogens (tertiary/aromatic N) is 1. The number of aliphatic hydroxyl groups is 1. The van der Waals surface area contributed by atoms with Crippen LogP contribution >= 0.6 is 0 Å². The summed E-state index contributed by atoms with van der Waals surface area (Å²) in [5.41, 5.74) is 3.06. The van der Waals surface area contributed by atoms with Crippen molar-refractivity contribution in [3.8, 4) is 0 Å². The highest BCUT2D eigenvalue weighted by Gasteiger charge is 2.28. The maximum absolute atomic E-state index is 12.3. The molecule has 3 nitrogen and oxygen atoms in total. The van der Waals surface area contributed by atoms with Gasteiger partial charge in [0.2, 0.25) is 0 Å². The Morgan fingerprint density at radius 3 is 2.82 bits per heavy atom. The number of likely N-dealkylation sites (tertiary alicyclic amines) is 1. The van der Waals surface area contributed by atoms with E-state index in [-0.39, 0.29) is 18.6 Å². The lowest BCUT2D eigenvalue weighted by atomic mass is 10.1. The molecule has 1 aromatic carbocycles. The van der Waals surface area contributed by atoms with Crippen molar-refractivity contribution in [2.45, 2.75) is 32.7 Å². The SMILES string of the molecule is Cc1ccc(C(=O)N2CCCC2CO)cc1C. The minimum Gasteiger partial charge on any atom is -0.394 e. The largest absolute Gasteiger partial charge is 0.394 e. The van der Waals surface area contributed by atoms with Gasteiger partial charge in [0.25, 0.3) is 5.91 Å². The van der Waals surface area contributed by atoms with Crippen molar-refractivity contribution in [3.63, 3.8) is 0 Å². The molecule has 1 heterocycles. The van der Waals surface area contributed by atoms with E-state index in [4.69, 9.17) is 0 Å². The molecule has 1 saturated heterocycles. The lowest BCUT2D eigenvalue weighted by Crippen LogP contribution is -2.37. The van der Waals surface area contributed by atoms with Crippen molar-refractivity contribution < 1.29 is 9.90 Å². The average molecular weight is 233 g/mol. The number of benzene rings is 1. The lowest BCUT2D eigenvalue weighted by molar-refractivity contribution is 0.0677. The molecule has 0 spiro atoms. The molecule has 1 fully saturated rings. The minimum absolute atomic E-state index is 0.00380. The maximum Gasteiger partial charge on any atom is 0.254 e. The maximum atomic E-state index is 12.3. The van der Waals surface area contributed by atoms with Gasteiger partial charge >= 0.3 is 0 Å². The molecular weight excluding hydrogens is 214 g/mol. The van der Waals surface area contributed by atoms with Gasteiger partial charge in [0.1, 0.15) is 0 Å². The molecule has 1 amide bonds. The van der Waals surface area contributed by atoms with Gasteiger partial charge in [-0.2, -0.15) is 0 Å². The number of amides is 1. The van der Waals surface area contributed by atoms with E-state index in [1.54, 1.807) is 4.90 Å². The van der Waals surface area contributed by atoms with Crippen molar-refractivity contribution >= 4 is 5.91 Å². The van der Waals surface area contributed by atoms with Gasteiger partial charge in [-0.1, -0.05) is 6.07 Å². The molecule has 1 aliphatic heterocycles. The molecule has 1 aliphatic rings. The zero-order chi connectivity index (χ0) is 12.4. The Balaban J connectivity index is 2.21. The summed E-state index contributed by atoms with van der Waals surface area (Å²) in [6.45, 7) is 4.88. The molecule has 0 aromatic heterocycles. The number of carbonyl (C=O) groups is 1. The van der Waals surface area contributed by atoms with Gasteiger partial charge in [-0.15, -0.1) is 0 Å². The number of hydrogen-bond donors (Lipinski definition) is 1. The van der Waals surface area contributed by atoms with Gasteiger partial charge < -0.3 is 10.0 Å². The Morgan fingerprint density at radius 1 is 1.41 bits per heavy atom. The number of rotatable bonds is 2. The van der Waals surface area contributed by atoms with E-state index < -0.39 is 0 Å². The first-order valence-electron chi connectivity index (χ1n) is 6.12. The smallest absolute Gasteiger partial charge is 0.254 e. The molecule has 1 atom stereocenters. The topological polar surface area (TPSA) is 40.5 Å². The summed E-state index contributed by atoms with van der Waals surface area (Å²) in [7, 11) is 0. The standard InChI is InChI=1S/C14H19NO2/c1-10-5-6-12(8-11(10)2)14(17)15-7-3-4-13(15)9-16/h5-6,8,13,16H,3-4,7,9H2,1-2H3. The fourth-order valence-corrected chi connectivity index (χ4v) is 2.33. The van der Waals surface area contributed by atoms with Crippen LogP contribution in [0.5, 0.6) is 0 Å². The third kappa shape index (κ3) is 2.34. The number of aryl methyl sites for hydroxylation is 2. The number of aliphatic hydroxyl groups excluding tert-OH is 1. The Hall–Kier alpha value is -1.35. The monoisotopic (exact) mass is 233 g/mol. The second kappa shape index (κ2) is 4.88. The Kier molecular flexibility index (Phi) is 3.48. The fraction of sp³-hybridized carbons (Fsp3) is 0.500. The molecular formula is C14H19NO2. The van der Waals surface area contributed by atoms with Gasteiger partial charge in [-0.05, 0) is 49.9 Å². The Labute approximate surface area is 102 Å². The molecule has 1 aromatic rings. The summed E-state index contributed by atoms with van der Waals surface area (Å²) in [5.74, 6) is 0.0460. The zero-order valence-corrected chi connectivity index (χ0v) is 10.4. The van der Waals surface area contributed by atoms with Crippen LogP contribution in [0, 0.1) is 13.8 Å². The van der Waals surface area contributed by atoms with Crippen molar-refractivity contribution in [3.05, 3.63) is 34.9 Å². The van der Waals surface area contributed by atoms with Crippen LogP contribution in [-0.2, 0) is 0 Å². The van der Waals surface area contributed by atoms with Gasteiger partial charge in [-0.3, -0.25) is 4.79 Å². The lowest BCUT2D eigenvalue weighted by Gasteiger charge is -2.23. The van der Waals surface area contributed by atoms with E-state index in [0.29, 0.717) is 0 Å². The highest BCUT2D eigenvalue weighted by atomic mass is 16.3. The predicted octanol–water partition coefficient (Wildman–Crippen LogP) is 1.90.